The van der Waals surface area contributed by atoms with Crippen molar-refractivity contribution >= 4 is 17.1 Å². The number of hydrogen-bond acceptors (Lipinski definition) is 5. The summed E-state index contributed by atoms with van der Waals surface area (Å²) in [5.74, 6) is 1.59. The van der Waals surface area contributed by atoms with Gasteiger partial charge in [-0.1, -0.05) is 193 Å². The maximum absolute atomic E-state index is 10.8. The van der Waals surface area contributed by atoms with Gasteiger partial charge in [-0.25, -0.2) is 0 Å². The molecule has 9 aromatic rings. The molecule has 7 aromatic carbocycles. The van der Waals surface area contributed by atoms with Crippen LogP contribution < -0.4 is 9.80 Å². The summed E-state index contributed by atoms with van der Waals surface area (Å²) in [7, 11) is 0. The largest absolute Gasteiger partial charge is 3.00 e. The van der Waals surface area contributed by atoms with Gasteiger partial charge in [0.25, 0.3) is 0 Å². The molecule has 5 nitrogen and oxygen atoms in total. The first-order chi connectivity index (χ1) is 34.9. The molecule has 2 aromatic heterocycles. The molecular formula is C67H63IrN4O. The minimum Gasteiger partial charge on any atom is -0.506 e. The number of aromatic nitrogens is 2. The number of pyridine rings is 2. The number of hydrogen-bond donors (Lipinski definition) is 1. The number of anilines is 2. The standard InChI is InChI=1S/C34H31N2.C33H32N2O.Ir/c1-23(2)30-21-26(25-12-6-5-7-13-25)22-31(24(3)4)34(30)29-19-27(32-14-8-10-16-35-32)18-28(20-29)33-15-9-11-17-36-33;1-23(2)28-19-26(25-13-7-5-8-14-25)20-29(24(3)4)33(28)31-21-34(27-15-9-6-10-16-27)22-35(31)30-17-11-12-18-32(30)36;/h5-17,19-24H,1-4H3;5-15,17-24,36H,1-4H3;/q-1;-2;+3. The summed E-state index contributed by atoms with van der Waals surface area (Å²) in [4.78, 5) is 13.5. The van der Waals surface area contributed by atoms with Gasteiger partial charge < -0.3 is 14.9 Å². The van der Waals surface area contributed by atoms with Crippen LogP contribution in [-0.2, 0) is 20.1 Å². The van der Waals surface area contributed by atoms with Crippen LogP contribution in [0.1, 0.15) is 107 Å². The monoisotopic (exact) mass is 1130 g/mol. The number of phenolic OH excluding ortho intramolecular Hbond substituents is 1. The predicted octanol–water partition coefficient (Wildman–Crippen LogP) is 17.7. The van der Waals surface area contributed by atoms with E-state index in [0.717, 1.165) is 39.6 Å². The fourth-order valence-corrected chi connectivity index (χ4v) is 9.59. The Bertz CT molecular complexity index is 3170. The molecule has 0 saturated carbocycles. The average Bonchev–Trinajstić information content (AvgIpc) is 3.86. The molecular weight excluding hydrogens is 1070 g/mol. The molecule has 10 rings (SSSR count). The quantitative estimate of drug-likeness (QED) is 0.124. The molecule has 0 amide bonds. The predicted molar refractivity (Wildman–Crippen MR) is 301 cm³/mol. The average molecular weight is 1130 g/mol. The van der Waals surface area contributed by atoms with Crippen LogP contribution in [0.2, 0.25) is 0 Å². The molecule has 0 saturated heterocycles. The van der Waals surface area contributed by atoms with Gasteiger partial charge in [-0.05, 0) is 104 Å². The van der Waals surface area contributed by atoms with E-state index in [2.05, 4.69) is 191 Å². The number of para-hydroxylation sites is 3. The second-order valence-corrected chi connectivity index (χ2v) is 19.7. The SMILES string of the molecule is CC(C)c1cc(-c2ccccc2)cc(C(C)C)c1-c1cc(-c2ccccn2)[c-]c(-c2ccccn2)c1.CC(C)c1cc(-c2ccccc2)cc(C(C)C)c1C1=CN(c2[c-]cccc2)[CH-]N1c1ccccc1O.[Ir+3]. The van der Waals surface area contributed by atoms with Crippen molar-refractivity contribution in [3.63, 3.8) is 0 Å². The fourth-order valence-electron chi connectivity index (χ4n) is 9.59. The molecule has 0 atom stereocenters. The molecule has 3 heterocycles. The Morgan fingerprint density at radius 1 is 0.466 bits per heavy atom. The molecule has 0 aliphatic carbocycles. The van der Waals surface area contributed by atoms with Crippen LogP contribution in [-0.4, -0.2) is 15.1 Å². The van der Waals surface area contributed by atoms with Crippen molar-refractivity contribution < 1.29 is 25.2 Å². The van der Waals surface area contributed by atoms with Crippen molar-refractivity contribution in [2.75, 3.05) is 9.80 Å². The van der Waals surface area contributed by atoms with Crippen molar-refractivity contribution in [3.05, 3.63) is 247 Å². The van der Waals surface area contributed by atoms with Crippen LogP contribution in [0.3, 0.4) is 0 Å². The van der Waals surface area contributed by atoms with E-state index in [-0.39, 0.29) is 25.9 Å². The summed E-state index contributed by atoms with van der Waals surface area (Å²) < 4.78 is 0. The van der Waals surface area contributed by atoms with Gasteiger partial charge >= 0.3 is 20.1 Å². The Labute approximate surface area is 447 Å². The first-order valence-electron chi connectivity index (χ1n) is 25.2. The zero-order valence-electron chi connectivity index (χ0n) is 43.0. The normalized spacial score (nSPS) is 12.2. The van der Waals surface area contributed by atoms with Gasteiger partial charge in [0.05, 0.1) is 5.69 Å². The minimum absolute atomic E-state index is 0. The Kier molecular flexibility index (Phi) is 16.7. The summed E-state index contributed by atoms with van der Waals surface area (Å²) in [6.07, 6.45) is 5.83. The molecule has 1 N–H and O–H groups in total. The third-order valence-corrected chi connectivity index (χ3v) is 13.3. The van der Waals surface area contributed by atoms with E-state index in [4.69, 9.17) is 0 Å². The van der Waals surface area contributed by atoms with E-state index in [9.17, 15) is 5.11 Å². The molecule has 366 valence electrons. The van der Waals surface area contributed by atoms with E-state index in [1.165, 1.54) is 61.2 Å². The molecule has 6 heteroatoms. The van der Waals surface area contributed by atoms with Crippen LogP contribution >= 0.6 is 0 Å². The van der Waals surface area contributed by atoms with Crippen LogP contribution in [0.15, 0.2) is 201 Å². The molecule has 1 aliphatic rings. The van der Waals surface area contributed by atoms with Gasteiger partial charge in [0.2, 0.25) is 0 Å². The number of aromatic hydroxyl groups is 1. The molecule has 73 heavy (non-hydrogen) atoms. The zero-order valence-corrected chi connectivity index (χ0v) is 45.4. The van der Waals surface area contributed by atoms with Crippen LogP contribution in [0.4, 0.5) is 11.4 Å². The van der Waals surface area contributed by atoms with E-state index in [0.29, 0.717) is 23.7 Å². The second kappa shape index (κ2) is 23.5. The molecule has 1 aliphatic heterocycles. The molecule has 0 spiro atoms. The minimum atomic E-state index is 0. The van der Waals surface area contributed by atoms with Crippen molar-refractivity contribution in [1.82, 2.24) is 9.97 Å². The van der Waals surface area contributed by atoms with Gasteiger partial charge in [0, 0.05) is 35.0 Å². The van der Waals surface area contributed by atoms with Crippen LogP contribution in [0, 0.1) is 18.8 Å². The van der Waals surface area contributed by atoms with E-state index in [1.807, 2.05) is 97.9 Å². The van der Waals surface area contributed by atoms with Gasteiger partial charge in [-0.3, -0.25) is 9.97 Å². The molecule has 0 fully saturated rings. The number of benzene rings is 7. The molecule has 0 unspecified atom stereocenters. The first-order valence-corrected chi connectivity index (χ1v) is 25.2. The van der Waals surface area contributed by atoms with Crippen molar-refractivity contribution in [2.45, 2.75) is 79.1 Å². The molecule has 0 radical (unpaired) electrons. The Morgan fingerprint density at radius 3 is 1.36 bits per heavy atom. The van der Waals surface area contributed by atoms with Crippen molar-refractivity contribution in [2.24, 2.45) is 0 Å². The maximum atomic E-state index is 10.8. The van der Waals surface area contributed by atoms with Gasteiger partial charge in [0.15, 0.2) is 0 Å². The fraction of sp³-hybridized carbons (Fsp3) is 0.179. The summed E-state index contributed by atoms with van der Waals surface area (Å²) in [6.45, 7) is 20.2. The van der Waals surface area contributed by atoms with E-state index < -0.39 is 0 Å². The first kappa shape index (κ1) is 52.0. The Balaban J connectivity index is 0.000000192. The maximum Gasteiger partial charge on any atom is 3.00 e. The zero-order chi connectivity index (χ0) is 50.3. The topological polar surface area (TPSA) is 52.5 Å². The van der Waals surface area contributed by atoms with Gasteiger partial charge in [-0.15, -0.1) is 30.6 Å². The third kappa shape index (κ3) is 11.6. The van der Waals surface area contributed by atoms with E-state index in [1.54, 1.807) is 6.07 Å². The Hall–Kier alpha value is -7.37. The second-order valence-electron chi connectivity index (χ2n) is 19.7. The number of rotatable bonds is 12. The van der Waals surface area contributed by atoms with Crippen molar-refractivity contribution in [1.29, 1.82) is 0 Å². The van der Waals surface area contributed by atoms with Crippen LogP contribution in [0.5, 0.6) is 5.75 Å². The summed E-state index contributed by atoms with van der Waals surface area (Å²) in [6, 6.07) is 69.6. The summed E-state index contributed by atoms with van der Waals surface area (Å²) in [5.41, 5.74) is 20.5. The van der Waals surface area contributed by atoms with Gasteiger partial charge in [-0.2, -0.15) is 30.3 Å². The van der Waals surface area contributed by atoms with Crippen LogP contribution in [0.25, 0.3) is 61.6 Å². The van der Waals surface area contributed by atoms with E-state index >= 15 is 0 Å². The van der Waals surface area contributed by atoms with Crippen molar-refractivity contribution in [3.8, 4) is 61.6 Å². The third-order valence-electron chi connectivity index (χ3n) is 13.3. The summed E-state index contributed by atoms with van der Waals surface area (Å²) >= 11 is 0. The van der Waals surface area contributed by atoms with Gasteiger partial charge in [0.1, 0.15) is 5.75 Å². The number of phenols is 1. The molecule has 0 bridgehead atoms. The smallest absolute Gasteiger partial charge is 0.506 e. The Morgan fingerprint density at radius 2 is 0.918 bits per heavy atom. The number of nitrogens with zero attached hydrogens (tertiary/aromatic N) is 4. The summed E-state index contributed by atoms with van der Waals surface area (Å²) in [5, 5.41) is 10.8.